The zero-order chi connectivity index (χ0) is 13.8. The molecule has 1 unspecified atom stereocenters. The lowest BCUT2D eigenvalue weighted by Gasteiger charge is -2.27. The Morgan fingerprint density at radius 1 is 1.39 bits per heavy atom. The third-order valence-corrected chi connectivity index (χ3v) is 3.64. The lowest BCUT2D eigenvalue weighted by atomic mass is 9.88. The van der Waals surface area contributed by atoms with Gasteiger partial charge in [-0.05, 0) is 32.6 Å². The highest BCUT2D eigenvalue weighted by Crippen LogP contribution is 2.27. The van der Waals surface area contributed by atoms with Crippen molar-refractivity contribution in [3.05, 3.63) is 0 Å². The zero-order valence-electron chi connectivity index (χ0n) is 11.5. The molecule has 0 bridgehead atoms. The molecule has 1 aliphatic rings. The molecule has 2 amide bonds. The molecule has 1 aliphatic carbocycles. The van der Waals surface area contributed by atoms with E-state index in [2.05, 4.69) is 5.32 Å². The first-order chi connectivity index (χ1) is 8.44. The molecule has 0 aliphatic heterocycles. The maximum absolute atomic E-state index is 12.0. The Morgan fingerprint density at radius 2 is 2.00 bits per heavy atom. The number of nitrogens with one attached hydrogen (secondary N) is 1. The highest BCUT2D eigenvalue weighted by Gasteiger charge is 2.35. The second-order valence-electron chi connectivity index (χ2n) is 5.30. The standard InChI is InChI=1S/C13H24N2O3/c1-4-8-15(10-6-7-10)12(18)14-9-13(3,5-2)11(16)17/h10H,4-9H2,1-3H3,(H,14,18)(H,16,17). The molecule has 1 saturated carbocycles. The van der Waals surface area contributed by atoms with Gasteiger partial charge in [0.1, 0.15) is 0 Å². The summed E-state index contributed by atoms with van der Waals surface area (Å²) in [5, 5.41) is 11.9. The second kappa shape index (κ2) is 6.07. The van der Waals surface area contributed by atoms with Crippen LogP contribution in [0.3, 0.4) is 0 Å². The molecular formula is C13H24N2O3. The number of nitrogens with zero attached hydrogens (tertiary/aromatic N) is 1. The summed E-state index contributed by atoms with van der Waals surface area (Å²) in [6, 6.07) is 0.239. The summed E-state index contributed by atoms with van der Waals surface area (Å²) < 4.78 is 0. The quantitative estimate of drug-likeness (QED) is 0.732. The van der Waals surface area contributed by atoms with Gasteiger partial charge < -0.3 is 15.3 Å². The Morgan fingerprint density at radius 3 is 2.39 bits per heavy atom. The minimum atomic E-state index is -0.878. The van der Waals surface area contributed by atoms with Gasteiger partial charge in [0.2, 0.25) is 0 Å². The van der Waals surface area contributed by atoms with Crippen LogP contribution in [0.2, 0.25) is 0 Å². The lowest BCUT2D eigenvalue weighted by Crippen LogP contribution is -2.47. The van der Waals surface area contributed by atoms with Crippen molar-refractivity contribution in [1.29, 1.82) is 0 Å². The summed E-state index contributed by atoms with van der Waals surface area (Å²) in [7, 11) is 0. The molecule has 0 heterocycles. The maximum Gasteiger partial charge on any atom is 0.317 e. The lowest BCUT2D eigenvalue weighted by molar-refractivity contribution is -0.147. The van der Waals surface area contributed by atoms with Gasteiger partial charge >= 0.3 is 12.0 Å². The number of urea groups is 1. The van der Waals surface area contributed by atoms with Crippen LogP contribution in [0.5, 0.6) is 0 Å². The predicted octanol–water partition coefficient (Wildman–Crippen LogP) is 2.07. The smallest absolute Gasteiger partial charge is 0.317 e. The first-order valence-corrected chi connectivity index (χ1v) is 6.72. The SMILES string of the molecule is CCCN(C(=O)NCC(C)(CC)C(=O)O)C1CC1. The fourth-order valence-corrected chi connectivity index (χ4v) is 1.80. The fourth-order valence-electron chi connectivity index (χ4n) is 1.80. The van der Waals surface area contributed by atoms with Crippen LogP contribution in [0, 0.1) is 5.41 Å². The Kier molecular flexibility index (Phi) is 4.99. The number of amides is 2. The highest BCUT2D eigenvalue weighted by molar-refractivity contribution is 5.78. The van der Waals surface area contributed by atoms with E-state index in [9.17, 15) is 9.59 Å². The van der Waals surface area contributed by atoms with Crippen molar-refractivity contribution >= 4 is 12.0 Å². The van der Waals surface area contributed by atoms with Crippen LogP contribution in [0.25, 0.3) is 0 Å². The van der Waals surface area contributed by atoms with E-state index in [0.717, 1.165) is 25.8 Å². The van der Waals surface area contributed by atoms with Crippen LogP contribution in [-0.4, -0.2) is 41.1 Å². The predicted molar refractivity (Wildman–Crippen MR) is 69.5 cm³/mol. The third kappa shape index (κ3) is 3.62. The van der Waals surface area contributed by atoms with E-state index >= 15 is 0 Å². The molecule has 0 aromatic heterocycles. The van der Waals surface area contributed by atoms with E-state index in [1.54, 1.807) is 6.92 Å². The summed E-state index contributed by atoms with van der Waals surface area (Å²) in [5.74, 6) is -0.862. The number of carboxylic acids is 1. The molecule has 18 heavy (non-hydrogen) atoms. The van der Waals surface area contributed by atoms with Gasteiger partial charge in [0.15, 0.2) is 0 Å². The molecule has 0 saturated heterocycles. The molecule has 2 N–H and O–H groups in total. The van der Waals surface area contributed by atoms with E-state index in [4.69, 9.17) is 5.11 Å². The van der Waals surface area contributed by atoms with E-state index in [-0.39, 0.29) is 12.6 Å². The molecule has 1 rings (SSSR count). The number of rotatable bonds is 7. The molecule has 1 fully saturated rings. The molecule has 5 nitrogen and oxygen atoms in total. The first-order valence-electron chi connectivity index (χ1n) is 6.72. The monoisotopic (exact) mass is 256 g/mol. The van der Waals surface area contributed by atoms with E-state index < -0.39 is 11.4 Å². The van der Waals surface area contributed by atoms with Crippen LogP contribution in [0.4, 0.5) is 4.79 Å². The second-order valence-corrected chi connectivity index (χ2v) is 5.30. The van der Waals surface area contributed by atoms with Crippen molar-refractivity contribution < 1.29 is 14.7 Å². The van der Waals surface area contributed by atoms with Crippen LogP contribution in [0.1, 0.15) is 46.5 Å². The van der Waals surface area contributed by atoms with Crippen LogP contribution in [0.15, 0.2) is 0 Å². The van der Waals surface area contributed by atoms with Gasteiger partial charge in [-0.3, -0.25) is 4.79 Å². The van der Waals surface area contributed by atoms with E-state index in [1.807, 2.05) is 18.7 Å². The fraction of sp³-hybridized carbons (Fsp3) is 0.846. The first kappa shape index (κ1) is 14.8. The number of hydrogen-bond donors (Lipinski definition) is 2. The normalized spacial score (nSPS) is 17.9. The third-order valence-electron chi connectivity index (χ3n) is 3.64. The summed E-state index contributed by atoms with van der Waals surface area (Å²) in [6.07, 6.45) is 3.56. The van der Waals surface area contributed by atoms with Gasteiger partial charge in [-0.1, -0.05) is 13.8 Å². The number of aliphatic carboxylic acids is 1. The van der Waals surface area contributed by atoms with Crippen LogP contribution in [-0.2, 0) is 4.79 Å². The van der Waals surface area contributed by atoms with Crippen molar-refractivity contribution in [2.24, 2.45) is 5.41 Å². The highest BCUT2D eigenvalue weighted by atomic mass is 16.4. The van der Waals surface area contributed by atoms with Gasteiger partial charge in [-0.25, -0.2) is 4.79 Å². The molecule has 5 heteroatoms. The topological polar surface area (TPSA) is 69.6 Å². The van der Waals surface area contributed by atoms with Crippen LogP contribution < -0.4 is 5.32 Å². The molecule has 0 aromatic rings. The summed E-state index contributed by atoms with van der Waals surface area (Å²) in [4.78, 5) is 25.0. The average molecular weight is 256 g/mol. The molecule has 0 aromatic carbocycles. The minimum absolute atomic E-state index is 0.125. The largest absolute Gasteiger partial charge is 0.481 e. The molecule has 0 spiro atoms. The Balaban J connectivity index is 2.50. The molecule has 1 atom stereocenters. The van der Waals surface area contributed by atoms with Crippen LogP contribution >= 0.6 is 0 Å². The minimum Gasteiger partial charge on any atom is -0.481 e. The Labute approximate surface area is 109 Å². The Hall–Kier alpha value is -1.26. The van der Waals surface area contributed by atoms with Gasteiger partial charge in [0, 0.05) is 19.1 Å². The van der Waals surface area contributed by atoms with E-state index in [1.165, 1.54) is 0 Å². The number of hydrogen-bond acceptors (Lipinski definition) is 2. The van der Waals surface area contributed by atoms with Gasteiger partial charge in [0.25, 0.3) is 0 Å². The summed E-state index contributed by atoms with van der Waals surface area (Å²) in [5.41, 5.74) is -0.878. The van der Waals surface area contributed by atoms with Crippen molar-refractivity contribution in [1.82, 2.24) is 10.2 Å². The number of carbonyl (C=O) groups is 2. The van der Waals surface area contributed by atoms with Crippen molar-refractivity contribution in [3.8, 4) is 0 Å². The maximum atomic E-state index is 12.0. The van der Waals surface area contributed by atoms with Crippen molar-refractivity contribution in [2.45, 2.75) is 52.5 Å². The Bertz CT molecular complexity index is 315. The molecule has 0 radical (unpaired) electrons. The average Bonchev–Trinajstić information content (AvgIpc) is 3.16. The van der Waals surface area contributed by atoms with Gasteiger partial charge in [0.05, 0.1) is 5.41 Å². The molecule has 104 valence electrons. The van der Waals surface area contributed by atoms with Gasteiger partial charge in [-0.2, -0.15) is 0 Å². The van der Waals surface area contributed by atoms with Gasteiger partial charge in [-0.15, -0.1) is 0 Å². The summed E-state index contributed by atoms with van der Waals surface area (Å²) in [6.45, 7) is 6.45. The zero-order valence-corrected chi connectivity index (χ0v) is 11.5. The van der Waals surface area contributed by atoms with Crippen molar-refractivity contribution in [3.63, 3.8) is 0 Å². The number of carbonyl (C=O) groups excluding carboxylic acids is 1. The van der Waals surface area contributed by atoms with E-state index in [0.29, 0.717) is 12.5 Å². The summed E-state index contributed by atoms with van der Waals surface area (Å²) >= 11 is 0. The molecular weight excluding hydrogens is 232 g/mol. The van der Waals surface area contributed by atoms with Crippen molar-refractivity contribution in [2.75, 3.05) is 13.1 Å². The number of carboxylic acid groups (broad SMARTS) is 1.